The lowest BCUT2D eigenvalue weighted by Gasteiger charge is -2.18. The number of nitrogens with zero attached hydrogens (tertiary/aromatic N) is 1. The van der Waals surface area contributed by atoms with Gasteiger partial charge in [-0.15, -0.1) is 0 Å². The average Bonchev–Trinajstić information content (AvgIpc) is 3.31. The van der Waals surface area contributed by atoms with Crippen LogP contribution in [0.2, 0.25) is 0 Å². The molecule has 2 aromatic carbocycles. The molecule has 8 nitrogen and oxygen atoms in total. The number of hydrogen-bond donors (Lipinski definition) is 1. The Bertz CT molecular complexity index is 1020. The molecule has 30 heavy (non-hydrogen) atoms. The normalized spacial score (nSPS) is 13.9. The van der Waals surface area contributed by atoms with E-state index in [9.17, 15) is 13.2 Å². The van der Waals surface area contributed by atoms with Crippen molar-refractivity contribution >= 4 is 15.9 Å². The van der Waals surface area contributed by atoms with Gasteiger partial charge in [0.05, 0.1) is 31.8 Å². The quantitative estimate of drug-likeness (QED) is 0.686. The summed E-state index contributed by atoms with van der Waals surface area (Å²) in [5.74, 6) is 1.25. The largest absolute Gasteiger partial charge is 0.497 e. The molecule has 1 heterocycles. The summed E-state index contributed by atoms with van der Waals surface area (Å²) < 4.78 is 44.2. The highest BCUT2D eigenvalue weighted by Gasteiger charge is 2.25. The van der Waals surface area contributed by atoms with Crippen molar-refractivity contribution in [2.75, 3.05) is 34.4 Å². The molecule has 0 saturated carbocycles. The molecule has 0 unspecified atom stereocenters. The number of carbonyl (C=O) groups excluding carboxylic acids is 1. The SMILES string of the molecule is COc1ccc(OC)c(CNS(=O)(=O)c2ccc(OC)c(C(=O)N3CCCC3)c2)c1. The number of rotatable bonds is 8. The van der Waals surface area contributed by atoms with E-state index < -0.39 is 10.0 Å². The number of ether oxygens (including phenoxy) is 3. The summed E-state index contributed by atoms with van der Waals surface area (Å²) >= 11 is 0. The highest BCUT2D eigenvalue weighted by molar-refractivity contribution is 7.89. The van der Waals surface area contributed by atoms with Crippen LogP contribution in [0.3, 0.4) is 0 Å². The van der Waals surface area contributed by atoms with Gasteiger partial charge in [0.1, 0.15) is 17.2 Å². The van der Waals surface area contributed by atoms with Gasteiger partial charge in [-0.05, 0) is 49.2 Å². The first-order chi connectivity index (χ1) is 14.4. The number of methoxy groups -OCH3 is 3. The van der Waals surface area contributed by atoms with E-state index in [2.05, 4.69) is 4.72 Å². The van der Waals surface area contributed by atoms with Gasteiger partial charge in [0.25, 0.3) is 5.91 Å². The van der Waals surface area contributed by atoms with E-state index >= 15 is 0 Å². The molecule has 1 aliphatic rings. The van der Waals surface area contributed by atoms with Crippen molar-refractivity contribution in [3.05, 3.63) is 47.5 Å². The second-order valence-corrected chi connectivity index (χ2v) is 8.63. The Morgan fingerprint density at radius 1 is 0.967 bits per heavy atom. The molecule has 0 bridgehead atoms. The Morgan fingerprint density at radius 3 is 2.27 bits per heavy atom. The van der Waals surface area contributed by atoms with Crippen molar-refractivity contribution in [3.8, 4) is 17.2 Å². The second-order valence-electron chi connectivity index (χ2n) is 6.86. The predicted octanol–water partition coefficient (Wildman–Crippen LogP) is 2.43. The van der Waals surface area contributed by atoms with E-state index in [4.69, 9.17) is 14.2 Å². The minimum Gasteiger partial charge on any atom is -0.497 e. The Morgan fingerprint density at radius 2 is 1.63 bits per heavy atom. The third kappa shape index (κ3) is 4.68. The monoisotopic (exact) mass is 434 g/mol. The summed E-state index contributed by atoms with van der Waals surface area (Å²) in [4.78, 5) is 14.5. The zero-order valence-electron chi connectivity index (χ0n) is 17.3. The molecule has 0 radical (unpaired) electrons. The first-order valence-electron chi connectivity index (χ1n) is 9.57. The Labute approximate surface area is 176 Å². The molecule has 3 rings (SSSR count). The van der Waals surface area contributed by atoms with Gasteiger partial charge in [-0.25, -0.2) is 13.1 Å². The summed E-state index contributed by atoms with van der Waals surface area (Å²) in [7, 11) is 0.623. The molecule has 9 heteroatoms. The number of benzene rings is 2. The molecule has 0 atom stereocenters. The molecule has 1 amide bonds. The second kappa shape index (κ2) is 9.36. The lowest BCUT2D eigenvalue weighted by molar-refractivity contribution is 0.0789. The zero-order chi connectivity index (χ0) is 21.7. The Hall–Kier alpha value is -2.78. The molecule has 1 N–H and O–H groups in total. The maximum atomic E-state index is 12.9. The Balaban J connectivity index is 1.86. The third-order valence-corrected chi connectivity index (χ3v) is 6.44. The first-order valence-corrected chi connectivity index (χ1v) is 11.1. The van der Waals surface area contributed by atoms with Crippen LogP contribution in [-0.4, -0.2) is 53.6 Å². The van der Waals surface area contributed by atoms with Crippen molar-refractivity contribution in [3.63, 3.8) is 0 Å². The van der Waals surface area contributed by atoms with Crippen LogP contribution in [0.5, 0.6) is 17.2 Å². The van der Waals surface area contributed by atoms with Gasteiger partial charge in [-0.3, -0.25) is 4.79 Å². The van der Waals surface area contributed by atoms with Crippen molar-refractivity contribution in [2.45, 2.75) is 24.3 Å². The molecule has 1 fully saturated rings. The highest BCUT2D eigenvalue weighted by Crippen LogP contribution is 2.27. The highest BCUT2D eigenvalue weighted by atomic mass is 32.2. The zero-order valence-corrected chi connectivity index (χ0v) is 18.1. The number of carbonyl (C=O) groups is 1. The fraction of sp³-hybridized carbons (Fsp3) is 0.381. The van der Waals surface area contributed by atoms with Crippen molar-refractivity contribution in [2.24, 2.45) is 0 Å². The maximum Gasteiger partial charge on any atom is 0.257 e. The number of hydrogen-bond acceptors (Lipinski definition) is 6. The minimum atomic E-state index is -3.88. The summed E-state index contributed by atoms with van der Waals surface area (Å²) in [6.45, 7) is 1.32. The summed E-state index contributed by atoms with van der Waals surface area (Å²) in [5, 5.41) is 0. The summed E-state index contributed by atoms with van der Waals surface area (Å²) in [6, 6.07) is 9.44. The molecule has 0 aliphatic carbocycles. The number of sulfonamides is 1. The van der Waals surface area contributed by atoms with Gasteiger partial charge >= 0.3 is 0 Å². The van der Waals surface area contributed by atoms with Crippen LogP contribution in [-0.2, 0) is 16.6 Å². The van der Waals surface area contributed by atoms with Crippen LogP contribution >= 0.6 is 0 Å². The number of nitrogens with one attached hydrogen (secondary N) is 1. The Kier molecular flexibility index (Phi) is 6.84. The predicted molar refractivity (Wildman–Crippen MR) is 112 cm³/mol. The van der Waals surface area contributed by atoms with Gasteiger partial charge < -0.3 is 19.1 Å². The average molecular weight is 435 g/mol. The van der Waals surface area contributed by atoms with Crippen LogP contribution in [0.1, 0.15) is 28.8 Å². The summed E-state index contributed by atoms with van der Waals surface area (Å²) in [6.07, 6.45) is 1.88. The van der Waals surface area contributed by atoms with Crippen LogP contribution in [0.4, 0.5) is 0 Å². The molecule has 1 aliphatic heterocycles. The first kappa shape index (κ1) is 21.9. The van der Waals surface area contributed by atoms with E-state index in [0.717, 1.165) is 12.8 Å². The fourth-order valence-electron chi connectivity index (χ4n) is 3.39. The molecule has 0 aromatic heterocycles. The van der Waals surface area contributed by atoms with Crippen molar-refractivity contribution in [1.29, 1.82) is 0 Å². The number of likely N-dealkylation sites (tertiary alicyclic amines) is 1. The molecule has 0 spiro atoms. The summed E-state index contributed by atoms with van der Waals surface area (Å²) in [5.41, 5.74) is 0.864. The van der Waals surface area contributed by atoms with E-state index in [0.29, 0.717) is 35.9 Å². The van der Waals surface area contributed by atoms with Crippen LogP contribution in [0, 0.1) is 0 Å². The van der Waals surface area contributed by atoms with E-state index in [-0.39, 0.29) is 22.9 Å². The van der Waals surface area contributed by atoms with Gasteiger partial charge in [0.2, 0.25) is 10.0 Å². The van der Waals surface area contributed by atoms with Gasteiger partial charge in [0.15, 0.2) is 0 Å². The molecular weight excluding hydrogens is 408 g/mol. The molecule has 1 saturated heterocycles. The van der Waals surface area contributed by atoms with Crippen LogP contribution in [0.25, 0.3) is 0 Å². The lowest BCUT2D eigenvalue weighted by atomic mass is 10.1. The lowest BCUT2D eigenvalue weighted by Crippen LogP contribution is -2.29. The van der Waals surface area contributed by atoms with Gasteiger partial charge in [-0.2, -0.15) is 0 Å². The maximum absolute atomic E-state index is 12.9. The number of amides is 1. The minimum absolute atomic E-state index is 0.00411. The van der Waals surface area contributed by atoms with Crippen molar-refractivity contribution < 1.29 is 27.4 Å². The standard InChI is InChI=1S/C21H26N2O6S/c1-27-16-6-8-19(28-2)15(12-16)14-22-30(25,26)17-7-9-20(29-3)18(13-17)21(24)23-10-4-5-11-23/h6-9,12-13,22H,4-5,10-11,14H2,1-3H3. The smallest absolute Gasteiger partial charge is 0.257 e. The van der Waals surface area contributed by atoms with E-state index in [1.165, 1.54) is 39.5 Å². The van der Waals surface area contributed by atoms with E-state index in [1.807, 2.05) is 0 Å². The van der Waals surface area contributed by atoms with E-state index in [1.54, 1.807) is 23.1 Å². The van der Waals surface area contributed by atoms with Gasteiger partial charge in [0, 0.05) is 25.2 Å². The third-order valence-electron chi connectivity index (χ3n) is 5.05. The van der Waals surface area contributed by atoms with Crippen LogP contribution < -0.4 is 18.9 Å². The molecular formula is C21H26N2O6S. The topological polar surface area (TPSA) is 94.2 Å². The van der Waals surface area contributed by atoms with Crippen LogP contribution in [0.15, 0.2) is 41.3 Å². The molecule has 2 aromatic rings. The van der Waals surface area contributed by atoms with Gasteiger partial charge in [-0.1, -0.05) is 0 Å². The molecule has 162 valence electrons. The van der Waals surface area contributed by atoms with Crippen molar-refractivity contribution in [1.82, 2.24) is 9.62 Å². The fourth-order valence-corrected chi connectivity index (χ4v) is 4.42.